The van der Waals surface area contributed by atoms with Crippen LogP contribution in [-0.2, 0) is 14.4 Å². The van der Waals surface area contributed by atoms with E-state index in [0.717, 1.165) is 6.08 Å². The Kier molecular flexibility index (Phi) is 4.37. The number of carbonyl (C=O) groups excluding carboxylic acids is 3. The van der Waals surface area contributed by atoms with Crippen LogP contribution in [0.15, 0.2) is 30.3 Å². The monoisotopic (exact) mass is 319 g/mol. The molecule has 2 amide bonds. The molecule has 2 rings (SSSR count). The van der Waals surface area contributed by atoms with E-state index in [1.165, 1.54) is 30.3 Å². The lowest BCUT2D eigenvalue weighted by atomic mass is 9.99. The standard InChI is InChI=1S/C13H9N3O5S/c17-9(10-11(18)14-13(22)15-12(10)19)6-3-7-1-4-8(5-2-7)16(20)21/h1-6,10H,(H2,14,15,18,19,22)/b6-3+. The van der Waals surface area contributed by atoms with Gasteiger partial charge in [0.1, 0.15) is 0 Å². The van der Waals surface area contributed by atoms with Gasteiger partial charge in [-0.25, -0.2) is 0 Å². The number of nitro benzene ring substituents is 1. The van der Waals surface area contributed by atoms with Crippen LogP contribution in [0.3, 0.4) is 0 Å². The van der Waals surface area contributed by atoms with Crippen LogP contribution in [0, 0.1) is 16.0 Å². The van der Waals surface area contributed by atoms with Crippen LogP contribution in [0.5, 0.6) is 0 Å². The van der Waals surface area contributed by atoms with Crippen LogP contribution >= 0.6 is 12.2 Å². The number of non-ortho nitro benzene ring substituents is 1. The van der Waals surface area contributed by atoms with Gasteiger partial charge in [-0.05, 0) is 36.0 Å². The first-order valence-corrected chi connectivity index (χ1v) is 6.41. The summed E-state index contributed by atoms with van der Waals surface area (Å²) in [5, 5.41) is 14.8. The molecule has 22 heavy (non-hydrogen) atoms. The maximum atomic E-state index is 11.9. The smallest absolute Gasteiger partial charge is 0.269 e. The number of thiocarbonyl (C=S) groups is 1. The van der Waals surface area contributed by atoms with Crippen LogP contribution in [-0.4, -0.2) is 27.6 Å². The summed E-state index contributed by atoms with van der Waals surface area (Å²) in [5.41, 5.74) is 0.439. The number of nitrogens with zero attached hydrogens (tertiary/aromatic N) is 1. The van der Waals surface area contributed by atoms with Gasteiger partial charge < -0.3 is 10.6 Å². The quantitative estimate of drug-likeness (QED) is 0.271. The van der Waals surface area contributed by atoms with Crippen molar-refractivity contribution in [1.82, 2.24) is 10.6 Å². The molecule has 0 aliphatic carbocycles. The Balaban J connectivity index is 2.10. The number of ketones is 1. The molecular formula is C13H9N3O5S. The zero-order valence-corrected chi connectivity index (χ0v) is 11.8. The first-order valence-electron chi connectivity index (χ1n) is 6.00. The predicted octanol–water partition coefficient (Wildman–Crippen LogP) is 0.324. The van der Waals surface area contributed by atoms with Crippen LogP contribution in [0.4, 0.5) is 5.69 Å². The van der Waals surface area contributed by atoms with Crippen LogP contribution in [0.25, 0.3) is 6.08 Å². The van der Waals surface area contributed by atoms with Gasteiger partial charge in [0.15, 0.2) is 16.8 Å². The van der Waals surface area contributed by atoms with Crippen LogP contribution in [0.1, 0.15) is 5.56 Å². The fourth-order valence-electron chi connectivity index (χ4n) is 1.76. The first-order chi connectivity index (χ1) is 10.4. The molecule has 0 spiro atoms. The molecule has 1 saturated heterocycles. The van der Waals surface area contributed by atoms with E-state index in [2.05, 4.69) is 22.9 Å². The molecule has 1 aromatic rings. The molecule has 0 unspecified atom stereocenters. The molecule has 0 aromatic heterocycles. The molecule has 112 valence electrons. The van der Waals surface area contributed by atoms with E-state index in [4.69, 9.17) is 0 Å². The molecular weight excluding hydrogens is 310 g/mol. The molecule has 9 heteroatoms. The number of amides is 2. The number of allylic oxidation sites excluding steroid dienone is 1. The van der Waals surface area contributed by atoms with Gasteiger partial charge in [0.05, 0.1) is 4.92 Å². The summed E-state index contributed by atoms with van der Waals surface area (Å²) < 4.78 is 0. The van der Waals surface area contributed by atoms with Gasteiger partial charge in [-0.2, -0.15) is 0 Å². The maximum absolute atomic E-state index is 11.9. The minimum Gasteiger partial charge on any atom is -0.302 e. The Hall–Kier alpha value is -2.94. The van der Waals surface area contributed by atoms with E-state index in [9.17, 15) is 24.5 Å². The van der Waals surface area contributed by atoms with Gasteiger partial charge in [0.2, 0.25) is 11.8 Å². The van der Waals surface area contributed by atoms with Crippen LogP contribution < -0.4 is 10.6 Å². The summed E-state index contributed by atoms with van der Waals surface area (Å²) >= 11 is 4.63. The summed E-state index contributed by atoms with van der Waals surface area (Å²) in [6, 6.07) is 5.45. The average Bonchev–Trinajstić information content (AvgIpc) is 2.44. The van der Waals surface area contributed by atoms with E-state index in [-0.39, 0.29) is 10.8 Å². The van der Waals surface area contributed by atoms with Gasteiger partial charge in [0, 0.05) is 12.1 Å². The van der Waals surface area contributed by atoms with Crippen molar-refractivity contribution in [3.8, 4) is 0 Å². The number of hydrogen-bond acceptors (Lipinski definition) is 6. The van der Waals surface area contributed by atoms with Crippen molar-refractivity contribution in [1.29, 1.82) is 0 Å². The molecule has 0 saturated carbocycles. The van der Waals surface area contributed by atoms with Crippen molar-refractivity contribution in [2.75, 3.05) is 0 Å². The fraction of sp³-hybridized carbons (Fsp3) is 0.0769. The molecule has 0 radical (unpaired) electrons. The first kappa shape index (κ1) is 15.4. The highest BCUT2D eigenvalue weighted by Gasteiger charge is 2.37. The Labute approximate surface area is 129 Å². The lowest BCUT2D eigenvalue weighted by molar-refractivity contribution is -0.384. The second-order valence-electron chi connectivity index (χ2n) is 4.32. The van der Waals surface area contributed by atoms with Gasteiger partial charge >= 0.3 is 0 Å². The molecule has 8 nitrogen and oxygen atoms in total. The highest BCUT2D eigenvalue weighted by molar-refractivity contribution is 7.80. The second-order valence-corrected chi connectivity index (χ2v) is 4.73. The van der Waals surface area contributed by atoms with E-state index in [0.29, 0.717) is 5.56 Å². The van der Waals surface area contributed by atoms with Crippen molar-refractivity contribution in [3.05, 3.63) is 46.0 Å². The highest BCUT2D eigenvalue weighted by atomic mass is 32.1. The van der Waals surface area contributed by atoms with Crippen LogP contribution in [0.2, 0.25) is 0 Å². The third kappa shape index (κ3) is 3.38. The summed E-state index contributed by atoms with van der Waals surface area (Å²) in [5.74, 6) is -3.78. The summed E-state index contributed by atoms with van der Waals surface area (Å²) in [4.78, 5) is 45.1. The Morgan fingerprint density at radius 1 is 1.18 bits per heavy atom. The summed E-state index contributed by atoms with van der Waals surface area (Å²) in [6.45, 7) is 0. The lowest BCUT2D eigenvalue weighted by Crippen LogP contribution is -2.57. The largest absolute Gasteiger partial charge is 0.302 e. The molecule has 0 atom stereocenters. The SMILES string of the molecule is O=C(/C=C/c1ccc([N+](=O)[O-])cc1)C1C(=O)NC(=S)NC1=O. The molecule has 1 aromatic carbocycles. The zero-order chi connectivity index (χ0) is 16.3. The zero-order valence-electron chi connectivity index (χ0n) is 10.9. The van der Waals surface area contributed by atoms with Gasteiger partial charge in [-0.1, -0.05) is 6.08 Å². The number of hydrogen-bond donors (Lipinski definition) is 2. The molecule has 0 bridgehead atoms. The third-order valence-corrected chi connectivity index (χ3v) is 3.03. The van der Waals surface area contributed by atoms with Crippen molar-refractivity contribution in [2.45, 2.75) is 0 Å². The van der Waals surface area contributed by atoms with Gasteiger partial charge in [-0.3, -0.25) is 24.5 Å². The number of nitrogens with one attached hydrogen (secondary N) is 2. The predicted molar refractivity (Wildman–Crippen MR) is 79.5 cm³/mol. The minimum atomic E-state index is -1.50. The normalized spacial score (nSPS) is 15.5. The topological polar surface area (TPSA) is 118 Å². The van der Waals surface area contributed by atoms with Crippen molar-refractivity contribution < 1.29 is 19.3 Å². The van der Waals surface area contributed by atoms with Gasteiger partial charge in [-0.15, -0.1) is 0 Å². The summed E-state index contributed by atoms with van der Waals surface area (Å²) in [7, 11) is 0. The molecule has 1 fully saturated rings. The Morgan fingerprint density at radius 2 is 1.73 bits per heavy atom. The van der Waals surface area contributed by atoms with Crippen molar-refractivity contribution >= 4 is 46.7 Å². The third-order valence-electron chi connectivity index (χ3n) is 2.83. The second kappa shape index (κ2) is 6.22. The van der Waals surface area contributed by atoms with E-state index >= 15 is 0 Å². The van der Waals surface area contributed by atoms with Gasteiger partial charge in [0.25, 0.3) is 5.69 Å². The number of rotatable bonds is 4. The molecule has 1 heterocycles. The number of benzene rings is 1. The Morgan fingerprint density at radius 3 is 2.23 bits per heavy atom. The number of nitro groups is 1. The average molecular weight is 319 g/mol. The van der Waals surface area contributed by atoms with Crippen molar-refractivity contribution in [3.63, 3.8) is 0 Å². The fourth-order valence-corrected chi connectivity index (χ4v) is 1.96. The minimum absolute atomic E-state index is 0.0805. The molecule has 2 N–H and O–H groups in total. The Bertz CT molecular complexity index is 691. The molecule has 1 aliphatic rings. The maximum Gasteiger partial charge on any atom is 0.269 e. The lowest BCUT2D eigenvalue weighted by Gasteiger charge is -2.20. The highest BCUT2D eigenvalue weighted by Crippen LogP contribution is 2.13. The summed E-state index contributed by atoms with van der Waals surface area (Å²) in [6.07, 6.45) is 2.43. The molecule has 1 aliphatic heterocycles. The number of carbonyl (C=O) groups is 3. The van der Waals surface area contributed by atoms with E-state index in [1.54, 1.807) is 0 Å². The van der Waals surface area contributed by atoms with E-state index in [1.807, 2.05) is 0 Å². The van der Waals surface area contributed by atoms with E-state index < -0.39 is 28.4 Å². The van der Waals surface area contributed by atoms with Crippen molar-refractivity contribution in [2.24, 2.45) is 5.92 Å².